The van der Waals surface area contributed by atoms with Gasteiger partial charge in [-0.15, -0.1) is 5.10 Å². The third-order valence-electron chi connectivity index (χ3n) is 2.77. The monoisotopic (exact) mass is 247 g/mol. The van der Waals surface area contributed by atoms with E-state index in [2.05, 4.69) is 15.5 Å². The topological polar surface area (TPSA) is 78.8 Å². The first-order valence-electron chi connectivity index (χ1n) is 5.91. The van der Waals surface area contributed by atoms with Crippen molar-refractivity contribution in [2.75, 3.05) is 13.2 Å². The van der Waals surface area contributed by atoms with Crippen LogP contribution in [0.4, 0.5) is 0 Å². The Kier molecular flexibility index (Phi) is 3.88. The SMILES string of the molecule is CCOc1cccc(C(CN)c2nnnn2C)c1. The molecule has 96 valence electrons. The third kappa shape index (κ3) is 2.48. The lowest BCUT2D eigenvalue weighted by atomic mass is 9.98. The highest BCUT2D eigenvalue weighted by Gasteiger charge is 2.18. The zero-order valence-corrected chi connectivity index (χ0v) is 10.6. The summed E-state index contributed by atoms with van der Waals surface area (Å²) in [6.45, 7) is 3.05. The van der Waals surface area contributed by atoms with Crippen LogP contribution < -0.4 is 10.5 Å². The summed E-state index contributed by atoms with van der Waals surface area (Å²) >= 11 is 0. The highest BCUT2D eigenvalue weighted by atomic mass is 16.5. The van der Waals surface area contributed by atoms with Crippen LogP contribution in [0, 0.1) is 0 Å². The van der Waals surface area contributed by atoms with E-state index in [9.17, 15) is 0 Å². The molecule has 18 heavy (non-hydrogen) atoms. The predicted molar refractivity (Wildman–Crippen MR) is 67.3 cm³/mol. The van der Waals surface area contributed by atoms with Crippen LogP contribution in [0.2, 0.25) is 0 Å². The van der Waals surface area contributed by atoms with Crippen molar-refractivity contribution in [2.24, 2.45) is 12.8 Å². The molecule has 0 spiro atoms. The first-order valence-corrected chi connectivity index (χ1v) is 5.91. The van der Waals surface area contributed by atoms with Crippen LogP contribution in [0.25, 0.3) is 0 Å². The van der Waals surface area contributed by atoms with Gasteiger partial charge in [0.05, 0.1) is 12.5 Å². The average Bonchev–Trinajstić information content (AvgIpc) is 2.78. The highest BCUT2D eigenvalue weighted by molar-refractivity contribution is 5.33. The second-order valence-electron chi connectivity index (χ2n) is 3.95. The van der Waals surface area contributed by atoms with E-state index in [-0.39, 0.29) is 5.92 Å². The van der Waals surface area contributed by atoms with Crippen molar-refractivity contribution in [1.29, 1.82) is 0 Å². The first kappa shape index (κ1) is 12.5. The van der Waals surface area contributed by atoms with Gasteiger partial charge in [-0.25, -0.2) is 4.68 Å². The Morgan fingerprint density at radius 2 is 2.28 bits per heavy atom. The van der Waals surface area contributed by atoms with Crippen LogP contribution in [0.1, 0.15) is 24.2 Å². The van der Waals surface area contributed by atoms with Gasteiger partial charge in [0.25, 0.3) is 0 Å². The first-order chi connectivity index (χ1) is 8.76. The number of benzene rings is 1. The molecule has 2 rings (SSSR count). The summed E-state index contributed by atoms with van der Waals surface area (Å²) in [5.41, 5.74) is 6.90. The van der Waals surface area contributed by atoms with Gasteiger partial charge in [0.1, 0.15) is 5.75 Å². The molecule has 1 aromatic heterocycles. The van der Waals surface area contributed by atoms with Crippen molar-refractivity contribution in [3.8, 4) is 5.75 Å². The van der Waals surface area contributed by atoms with Gasteiger partial charge < -0.3 is 10.5 Å². The molecule has 0 aliphatic carbocycles. The number of nitrogens with two attached hydrogens (primary N) is 1. The summed E-state index contributed by atoms with van der Waals surface area (Å²) in [6, 6.07) is 7.87. The fraction of sp³-hybridized carbons (Fsp3) is 0.417. The van der Waals surface area contributed by atoms with E-state index >= 15 is 0 Å². The molecule has 6 nitrogen and oxygen atoms in total. The predicted octanol–water partition coefficient (Wildman–Crippen LogP) is 0.699. The Morgan fingerprint density at radius 1 is 1.44 bits per heavy atom. The Balaban J connectivity index is 2.33. The molecule has 0 aliphatic heterocycles. The second-order valence-corrected chi connectivity index (χ2v) is 3.95. The molecule has 0 bridgehead atoms. The lowest BCUT2D eigenvalue weighted by molar-refractivity contribution is 0.339. The Hall–Kier alpha value is -1.95. The smallest absolute Gasteiger partial charge is 0.159 e. The second kappa shape index (κ2) is 5.59. The summed E-state index contributed by atoms with van der Waals surface area (Å²) in [6.07, 6.45) is 0. The van der Waals surface area contributed by atoms with Gasteiger partial charge in [0.15, 0.2) is 5.82 Å². The number of rotatable bonds is 5. The normalized spacial score (nSPS) is 12.4. The minimum Gasteiger partial charge on any atom is -0.494 e. The van der Waals surface area contributed by atoms with Crippen molar-refractivity contribution in [3.63, 3.8) is 0 Å². The molecule has 1 unspecified atom stereocenters. The van der Waals surface area contributed by atoms with Gasteiger partial charge in [-0.3, -0.25) is 0 Å². The molecule has 1 atom stereocenters. The summed E-state index contributed by atoms with van der Waals surface area (Å²) in [7, 11) is 1.81. The summed E-state index contributed by atoms with van der Waals surface area (Å²) in [4.78, 5) is 0. The number of tetrazole rings is 1. The lowest BCUT2D eigenvalue weighted by Crippen LogP contribution is -2.18. The van der Waals surface area contributed by atoms with E-state index in [0.717, 1.165) is 17.1 Å². The van der Waals surface area contributed by atoms with E-state index in [1.165, 1.54) is 0 Å². The molecule has 0 saturated heterocycles. The molecule has 1 heterocycles. The Labute approximate surface area is 106 Å². The van der Waals surface area contributed by atoms with Crippen molar-refractivity contribution in [1.82, 2.24) is 20.2 Å². The van der Waals surface area contributed by atoms with Gasteiger partial charge in [-0.1, -0.05) is 12.1 Å². The van der Waals surface area contributed by atoms with Crippen LogP contribution in [0.15, 0.2) is 24.3 Å². The number of nitrogens with zero attached hydrogens (tertiary/aromatic N) is 4. The maximum atomic E-state index is 5.84. The van der Waals surface area contributed by atoms with Gasteiger partial charge in [-0.2, -0.15) is 0 Å². The zero-order chi connectivity index (χ0) is 13.0. The quantitative estimate of drug-likeness (QED) is 0.841. The number of aromatic nitrogens is 4. The molecule has 0 fully saturated rings. The fourth-order valence-electron chi connectivity index (χ4n) is 1.91. The third-order valence-corrected chi connectivity index (χ3v) is 2.77. The molecule has 1 aromatic carbocycles. The molecular formula is C12H17N5O. The zero-order valence-electron chi connectivity index (χ0n) is 10.6. The molecule has 0 saturated carbocycles. The molecule has 6 heteroatoms. The van der Waals surface area contributed by atoms with E-state index in [1.807, 2.05) is 38.2 Å². The van der Waals surface area contributed by atoms with Crippen LogP contribution in [-0.2, 0) is 7.05 Å². The van der Waals surface area contributed by atoms with Gasteiger partial charge >= 0.3 is 0 Å². The Morgan fingerprint density at radius 3 is 2.89 bits per heavy atom. The van der Waals surface area contributed by atoms with Crippen LogP contribution in [-0.4, -0.2) is 33.4 Å². The molecule has 0 radical (unpaired) electrons. The molecule has 2 N–H and O–H groups in total. The minimum absolute atomic E-state index is 0.0228. The van der Waals surface area contributed by atoms with Gasteiger partial charge in [-0.05, 0) is 35.0 Å². The summed E-state index contributed by atoms with van der Waals surface area (Å²) in [5.74, 6) is 1.57. The molecule has 0 aliphatic rings. The maximum absolute atomic E-state index is 5.84. The molecular weight excluding hydrogens is 230 g/mol. The molecule has 0 amide bonds. The van der Waals surface area contributed by atoms with Crippen LogP contribution in [0.5, 0.6) is 5.75 Å². The van der Waals surface area contributed by atoms with E-state index < -0.39 is 0 Å². The summed E-state index contributed by atoms with van der Waals surface area (Å²) in [5, 5.41) is 11.5. The number of aryl methyl sites for hydroxylation is 1. The van der Waals surface area contributed by atoms with Crippen molar-refractivity contribution in [3.05, 3.63) is 35.7 Å². The van der Waals surface area contributed by atoms with Crippen LogP contribution >= 0.6 is 0 Å². The van der Waals surface area contributed by atoms with Crippen molar-refractivity contribution >= 4 is 0 Å². The van der Waals surface area contributed by atoms with Gasteiger partial charge in [0.2, 0.25) is 0 Å². The van der Waals surface area contributed by atoms with Crippen molar-refractivity contribution in [2.45, 2.75) is 12.8 Å². The fourth-order valence-corrected chi connectivity index (χ4v) is 1.91. The van der Waals surface area contributed by atoms with E-state index in [4.69, 9.17) is 10.5 Å². The van der Waals surface area contributed by atoms with Gasteiger partial charge in [0, 0.05) is 13.6 Å². The van der Waals surface area contributed by atoms with Crippen LogP contribution in [0.3, 0.4) is 0 Å². The Bertz CT molecular complexity index is 511. The highest BCUT2D eigenvalue weighted by Crippen LogP contribution is 2.24. The minimum atomic E-state index is -0.0228. The largest absolute Gasteiger partial charge is 0.494 e. The lowest BCUT2D eigenvalue weighted by Gasteiger charge is -2.14. The number of ether oxygens (including phenoxy) is 1. The standard InChI is InChI=1S/C12H17N5O/c1-3-18-10-6-4-5-9(7-10)11(8-13)12-14-15-16-17(12)2/h4-7,11H,3,8,13H2,1-2H3. The number of hydrogen-bond donors (Lipinski definition) is 1. The van der Waals surface area contributed by atoms with E-state index in [0.29, 0.717) is 13.2 Å². The summed E-state index contributed by atoms with van der Waals surface area (Å²) < 4.78 is 7.13. The van der Waals surface area contributed by atoms with E-state index in [1.54, 1.807) is 4.68 Å². The maximum Gasteiger partial charge on any atom is 0.159 e. The number of hydrogen-bond acceptors (Lipinski definition) is 5. The molecule has 2 aromatic rings. The van der Waals surface area contributed by atoms with Crippen molar-refractivity contribution < 1.29 is 4.74 Å². The average molecular weight is 247 g/mol.